The van der Waals surface area contributed by atoms with E-state index >= 15 is 0 Å². The number of hydrogen-bond acceptors (Lipinski definition) is 2. The fraction of sp³-hybridized carbons (Fsp3) is 0.200. The lowest BCUT2D eigenvalue weighted by molar-refractivity contribution is 0.358. The standard InChI is InChI=1S/C15H15OS2/c1-2-11-16-18-14-9-5-3-7-12(14)17-13-8-4-6-10-15(13)18/h3-10H,2,11H2,1H3/q+1. The molecule has 0 fully saturated rings. The van der Waals surface area contributed by atoms with E-state index in [1.807, 2.05) is 11.8 Å². The van der Waals surface area contributed by atoms with Crippen molar-refractivity contribution in [3.05, 3.63) is 48.5 Å². The molecule has 0 atom stereocenters. The molecule has 0 unspecified atom stereocenters. The van der Waals surface area contributed by atoms with E-state index in [1.54, 1.807) is 0 Å². The molecule has 2 aromatic carbocycles. The summed E-state index contributed by atoms with van der Waals surface area (Å²) in [5, 5.41) is 0. The molecule has 0 bridgehead atoms. The molecule has 3 rings (SSSR count). The summed E-state index contributed by atoms with van der Waals surface area (Å²) >= 11 is 1.63. The van der Waals surface area contributed by atoms with Gasteiger partial charge in [-0.15, -0.1) is 0 Å². The molecule has 3 heteroatoms. The molecule has 2 aromatic rings. The minimum atomic E-state index is -0.215. The van der Waals surface area contributed by atoms with Gasteiger partial charge in [-0.25, -0.2) is 0 Å². The van der Waals surface area contributed by atoms with Crippen molar-refractivity contribution in [3.8, 4) is 0 Å². The molecule has 1 aliphatic heterocycles. The molecule has 18 heavy (non-hydrogen) atoms. The monoisotopic (exact) mass is 275 g/mol. The van der Waals surface area contributed by atoms with Crippen LogP contribution in [0.4, 0.5) is 0 Å². The number of hydrogen-bond donors (Lipinski definition) is 0. The highest BCUT2D eigenvalue weighted by atomic mass is 32.2. The first-order chi connectivity index (χ1) is 8.90. The molecule has 0 aliphatic carbocycles. The topological polar surface area (TPSA) is 9.23 Å². The Morgan fingerprint density at radius 3 is 2.06 bits per heavy atom. The van der Waals surface area contributed by atoms with Gasteiger partial charge in [-0.05, 0) is 30.7 Å². The molecule has 0 saturated carbocycles. The summed E-state index contributed by atoms with van der Waals surface area (Å²) in [6.45, 7) is 2.97. The smallest absolute Gasteiger partial charge is 0.162 e. The largest absolute Gasteiger partial charge is 0.225 e. The third-order valence-electron chi connectivity index (χ3n) is 2.72. The van der Waals surface area contributed by atoms with Gasteiger partial charge in [-0.2, -0.15) is 4.18 Å². The zero-order chi connectivity index (χ0) is 12.4. The molecule has 0 radical (unpaired) electrons. The summed E-state index contributed by atoms with van der Waals surface area (Å²) in [5.41, 5.74) is 0. The summed E-state index contributed by atoms with van der Waals surface area (Å²) in [7, 11) is 0. The van der Waals surface area contributed by atoms with E-state index in [-0.39, 0.29) is 11.2 Å². The van der Waals surface area contributed by atoms with Crippen molar-refractivity contribution in [3.63, 3.8) is 0 Å². The quantitative estimate of drug-likeness (QED) is 0.761. The minimum Gasteiger partial charge on any atom is -0.162 e. The normalized spacial score (nSPS) is 14.1. The zero-order valence-electron chi connectivity index (χ0n) is 10.3. The first-order valence-electron chi connectivity index (χ1n) is 6.13. The Hall–Kier alpha value is -0.900. The Kier molecular flexibility index (Phi) is 3.64. The summed E-state index contributed by atoms with van der Waals surface area (Å²) in [4.78, 5) is 5.32. The van der Waals surface area contributed by atoms with Gasteiger partial charge in [0.05, 0.1) is 9.79 Å². The zero-order valence-corrected chi connectivity index (χ0v) is 11.9. The molecular weight excluding hydrogens is 260 g/mol. The van der Waals surface area contributed by atoms with E-state index in [2.05, 4.69) is 55.5 Å². The summed E-state index contributed by atoms with van der Waals surface area (Å²) < 4.78 is 6.10. The summed E-state index contributed by atoms with van der Waals surface area (Å²) in [6, 6.07) is 17.2. The Morgan fingerprint density at radius 2 is 1.50 bits per heavy atom. The van der Waals surface area contributed by atoms with Crippen LogP contribution in [0.5, 0.6) is 0 Å². The molecule has 1 heterocycles. The highest BCUT2D eigenvalue weighted by Crippen LogP contribution is 2.45. The van der Waals surface area contributed by atoms with Gasteiger partial charge in [0.2, 0.25) is 21.0 Å². The lowest BCUT2D eigenvalue weighted by Gasteiger charge is -2.16. The predicted molar refractivity (Wildman–Crippen MR) is 77.1 cm³/mol. The molecule has 1 aliphatic rings. The van der Waals surface area contributed by atoms with Crippen LogP contribution in [-0.4, -0.2) is 6.61 Å². The fourth-order valence-electron chi connectivity index (χ4n) is 1.91. The average Bonchev–Trinajstić information content (AvgIpc) is 2.43. The van der Waals surface area contributed by atoms with Crippen LogP contribution in [0.1, 0.15) is 13.3 Å². The molecular formula is C15H15OS2+. The first kappa shape index (κ1) is 12.2. The van der Waals surface area contributed by atoms with Gasteiger partial charge in [0, 0.05) is 0 Å². The Morgan fingerprint density at radius 1 is 0.944 bits per heavy atom. The third kappa shape index (κ3) is 2.18. The van der Waals surface area contributed by atoms with E-state index in [9.17, 15) is 0 Å². The van der Waals surface area contributed by atoms with Crippen molar-refractivity contribution >= 4 is 22.9 Å². The Balaban J connectivity index is 2.05. The lowest BCUT2D eigenvalue weighted by Crippen LogP contribution is -2.14. The molecule has 0 amide bonds. The van der Waals surface area contributed by atoms with Gasteiger partial charge in [0.25, 0.3) is 0 Å². The average molecular weight is 275 g/mol. The van der Waals surface area contributed by atoms with Crippen LogP contribution in [0, 0.1) is 0 Å². The third-order valence-corrected chi connectivity index (χ3v) is 6.05. The van der Waals surface area contributed by atoms with Crippen LogP contribution in [0.3, 0.4) is 0 Å². The van der Waals surface area contributed by atoms with E-state index < -0.39 is 0 Å². The van der Waals surface area contributed by atoms with Crippen LogP contribution in [-0.2, 0) is 15.4 Å². The second kappa shape index (κ2) is 5.39. The van der Waals surface area contributed by atoms with E-state index in [4.69, 9.17) is 4.18 Å². The maximum Gasteiger partial charge on any atom is 0.225 e. The number of rotatable bonds is 3. The number of fused-ring (bicyclic) bond motifs is 2. The van der Waals surface area contributed by atoms with E-state index in [0.29, 0.717) is 0 Å². The van der Waals surface area contributed by atoms with Crippen molar-refractivity contribution in [2.45, 2.75) is 32.9 Å². The van der Waals surface area contributed by atoms with Crippen molar-refractivity contribution in [1.82, 2.24) is 0 Å². The van der Waals surface area contributed by atoms with Crippen molar-refractivity contribution in [2.75, 3.05) is 6.61 Å². The van der Waals surface area contributed by atoms with Crippen molar-refractivity contribution < 1.29 is 4.18 Å². The highest BCUT2D eigenvalue weighted by Gasteiger charge is 2.37. The summed E-state index contributed by atoms with van der Waals surface area (Å²) in [5.74, 6) is 0. The van der Waals surface area contributed by atoms with Gasteiger partial charge in [0.15, 0.2) is 0 Å². The highest BCUT2D eigenvalue weighted by molar-refractivity contribution is 8.02. The molecule has 0 N–H and O–H groups in total. The first-order valence-corrected chi connectivity index (χ1v) is 8.10. The van der Waals surface area contributed by atoms with Crippen LogP contribution >= 0.6 is 11.8 Å². The summed E-state index contributed by atoms with van der Waals surface area (Å²) in [6.07, 6.45) is 1.06. The second-order valence-electron chi connectivity index (χ2n) is 4.09. The van der Waals surface area contributed by atoms with Crippen LogP contribution < -0.4 is 0 Å². The van der Waals surface area contributed by atoms with Crippen molar-refractivity contribution in [1.29, 1.82) is 0 Å². The molecule has 92 valence electrons. The van der Waals surface area contributed by atoms with Crippen LogP contribution in [0.2, 0.25) is 0 Å². The maximum atomic E-state index is 6.10. The van der Waals surface area contributed by atoms with E-state index in [0.717, 1.165) is 13.0 Å². The van der Waals surface area contributed by atoms with E-state index in [1.165, 1.54) is 19.6 Å². The SMILES string of the molecule is CCCO[S+]1c2ccccc2Sc2ccccc21. The number of benzene rings is 2. The lowest BCUT2D eigenvalue weighted by atomic mass is 10.3. The van der Waals surface area contributed by atoms with Crippen LogP contribution in [0.15, 0.2) is 68.1 Å². The Labute approximate surface area is 115 Å². The fourth-order valence-corrected chi connectivity index (χ4v) is 5.21. The van der Waals surface area contributed by atoms with Gasteiger partial charge >= 0.3 is 0 Å². The second-order valence-corrected chi connectivity index (χ2v) is 6.82. The molecule has 0 saturated heterocycles. The minimum absolute atomic E-state index is 0.215. The van der Waals surface area contributed by atoms with Gasteiger partial charge in [0.1, 0.15) is 6.61 Å². The van der Waals surface area contributed by atoms with Gasteiger partial charge in [-0.3, -0.25) is 0 Å². The molecule has 0 spiro atoms. The van der Waals surface area contributed by atoms with Crippen LogP contribution in [0.25, 0.3) is 0 Å². The molecule has 0 aromatic heterocycles. The predicted octanol–water partition coefficient (Wildman–Crippen LogP) is 4.53. The van der Waals surface area contributed by atoms with Crippen molar-refractivity contribution in [2.24, 2.45) is 0 Å². The molecule has 1 nitrogen and oxygen atoms in total. The van der Waals surface area contributed by atoms with Gasteiger partial charge in [-0.1, -0.05) is 43.0 Å². The maximum absolute atomic E-state index is 6.10. The van der Waals surface area contributed by atoms with Gasteiger partial charge < -0.3 is 0 Å². The Bertz CT molecular complexity index is 508.